The van der Waals surface area contributed by atoms with E-state index >= 15 is 0 Å². The van der Waals surface area contributed by atoms with Gasteiger partial charge in [-0.25, -0.2) is 0 Å². The van der Waals surface area contributed by atoms with E-state index in [1.165, 1.54) is 24.1 Å². The number of rotatable bonds is 4. The number of ether oxygens (including phenoxy) is 1. The fourth-order valence-electron chi connectivity index (χ4n) is 2.89. The summed E-state index contributed by atoms with van der Waals surface area (Å²) < 4.78 is 5.12. The minimum atomic E-state index is -0.587. The first-order chi connectivity index (χ1) is 13.4. The van der Waals surface area contributed by atoms with Gasteiger partial charge in [-0.15, -0.1) is 0 Å². The Morgan fingerprint density at radius 2 is 1.75 bits per heavy atom. The van der Waals surface area contributed by atoms with Gasteiger partial charge in [0.25, 0.3) is 5.91 Å². The molecule has 3 amide bonds. The number of halogens is 2. The summed E-state index contributed by atoms with van der Waals surface area (Å²) in [6.45, 7) is 0.215. The van der Waals surface area contributed by atoms with Crippen LogP contribution < -0.4 is 20.5 Å². The topological polar surface area (TPSA) is 87.7 Å². The van der Waals surface area contributed by atoms with Crippen molar-refractivity contribution in [2.24, 2.45) is 5.92 Å². The quantitative estimate of drug-likeness (QED) is 0.742. The number of methoxy groups -OCH3 is 1. The SMILES string of the molecule is COc1cc(Cl)ccc1C(=O)NNC(=O)C1CC(=O)N(c2ccc(Cl)cc2)C1. The predicted octanol–water partition coefficient (Wildman–Crippen LogP) is 2.82. The van der Waals surface area contributed by atoms with Gasteiger partial charge < -0.3 is 9.64 Å². The molecule has 28 heavy (non-hydrogen) atoms. The Kier molecular flexibility index (Phi) is 6.06. The van der Waals surface area contributed by atoms with E-state index in [4.69, 9.17) is 27.9 Å². The molecule has 1 atom stereocenters. The van der Waals surface area contributed by atoms with Crippen LogP contribution in [0, 0.1) is 5.92 Å². The Bertz CT molecular complexity index is 918. The number of hydrazine groups is 1. The summed E-state index contributed by atoms with van der Waals surface area (Å²) in [6, 6.07) is 11.3. The molecule has 1 aliphatic heterocycles. The molecule has 2 N–H and O–H groups in total. The first-order valence-corrected chi connectivity index (χ1v) is 9.14. The summed E-state index contributed by atoms with van der Waals surface area (Å²) in [5, 5.41) is 0.981. The average molecular weight is 422 g/mol. The van der Waals surface area contributed by atoms with Crippen molar-refractivity contribution in [2.45, 2.75) is 6.42 Å². The molecule has 1 aliphatic rings. The highest BCUT2D eigenvalue weighted by atomic mass is 35.5. The molecule has 2 aromatic rings. The Balaban J connectivity index is 1.60. The van der Waals surface area contributed by atoms with Crippen LogP contribution in [0.3, 0.4) is 0 Å². The van der Waals surface area contributed by atoms with Crippen LogP contribution in [0.1, 0.15) is 16.8 Å². The summed E-state index contributed by atoms with van der Waals surface area (Å²) >= 11 is 11.7. The fraction of sp³-hybridized carbons (Fsp3) is 0.211. The molecule has 0 spiro atoms. The molecule has 9 heteroatoms. The van der Waals surface area contributed by atoms with E-state index in [9.17, 15) is 14.4 Å². The van der Waals surface area contributed by atoms with Gasteiger partial charge in [0.05, 0.1) is 18.6 Å². The van der Waals surface area contributed by atoms with Gasteiger partial charge in [-0.3, -0.25) is 25.2 Å². The molecule has 0 bridgehead atoms. The Labute approximate surface area is 171 Å². The highest BCUT2D eigenvalue weighted by Gasteiger charge is 2.35. The number of amides is 3. The lowest BCUT2D eigenvalue weighted by molar-refractivity contribution is -0.126. The number of hydrogen-bond donors (Lipinski definition) is 2. The third-order valence-electron chi connectivity index (χ3n) is 4.34. The maximum absolute atomic E-state index is 12.4. The number of nitrogens with one attached hydrogen (secondary N) is 2. The molecule has 1 fully saturated rings. The zero-order valence-corrected chi connectivity index (χ0v) is 16.4. The van der Waals surface area contributed by atoms with Gasteiger partial charge >= 0.3 is 0 Å². The van der Waals surface area contributed by atoms with Gasteiger partial charge in [0.15, 0.2) is 0 Å². The molecule has 146 valence electrons. The molecule has 0 saturated carbocycles. The summed E-state index contributed by atoms with van der Waals surface area (Å²) in [5.74, 6) is -1.49. The Morgan fingerprint density at radius 3 is 2.43 bits per heavy atom. The van der Waals surface area contributed by atoms with Crippen LogP contribution in [-0.2, 0) is 9.59 Å². The molecule has 1 heterocycles. The summed E-state index contributed by atoms with van der Waals surface area (Å²) in [5.41, 5.74) is 5.59. The molecule has 7 nitrogen and oxygen atoms in total. The normalized spacial score (nSPS) is 16.0. The number of carbonyl (C=O) groups is 3. The van der Waals surface area contributed by atoms with Crippen molar-refractivity contribution in [2.75, 3.05) is 18.6 Å². The van der Waals surface area contributed by atoms with E-state index in [1.807, 2.05) is 0 Å². The second kappa shape index (κ2) is 8.50. The van der Waals surface area contributed by atoms with E-state index in [0.717, 1.165) is 0 Å². The van der Waals surface area contributed by atoms with Crippen LogP contribution in [0.5, 0.6) is 5.75 Å². The predicted molar refractivity (Wildman–Crippen MR) is 106 cm³/mol. The van der Waals surface area contributed by atoms with Crippen molar-refractivity contribution in [1.29, 1.82) is 0 Å². The van der Waals surface area contributed by atoms with Gasteiger partial charge in [0.1, 0.15) is 5.75 Å². The van der Waals surface area contributed by atoms with Crippen LogP contribution in [0.25, 0.3) is 0 Å². The van der Waals surface area contributed by atoms with Crippen molar-refractivity contribution >= 4 is 46.6 Å². The van der Waals surface area contributed by atoms with Crippen LogP contribution in [0.15, 0.2) is 42.5 Å². The van der Waals surface area contributed by atoms with Crippen LogP contribution in [0.2, 0.25) is 10.0 Å². The maximum Gasteiger partial charge on any atom is 0.273 e. The summed E-state index contributed by atoms with van der Waals surface area (Å²) in [4.78, 5) is 38.5. The van der Waals surface area contributed by atoms with E-state index in [2.05, 4.69) is 10.9 Å². The first-order valence-electron chi connectivity index (χ1n) is 8.38. The Hall–Kier alpha value is -2.77. The molecule has 3 rings (SSSR count). The summed E-state index contributed by atoms with van der Waals surface area (Å²) in [6.07, 6.45) is 0.0502. The van der Waals surface area contributed by atoms with E-state index in [0.29, 0.717) is 15.7 Å². The molecule has 0 aliphatic carbocycles. The van der Waals surface area contributed by atoms with Crippen LogP contribution >= 0.6 is 23.2 Å². The average Bonchev–Trinajstić information content (AvgIpc) is 3.08. The van der Waals surface area contributed by atoms with Crippen LogP contribution in [-0.4, -0.2) is 31.4 Å². The smallest absolute Gasteiger partial charge is 0.273 e. The zero-order valence-electron chi connectivity index (χ0n) is 14.9. The zero-order chi connectivity index (χ0) is 20.3. The number of anilines is 1. The van der Waals surface area contributed by atoms with E-state index in [-0.39, 0.29) is 30.2 Å². The van der Waals surface area contributed by atoms with Crippen molar-refractivity contribution < 1.29 is 19.1 Å². The van der Waals surface area contributed by atoms with E-state index < -0.39 is 17.7 Å². The highest BCUT2D eigenvalue weighted by molar-refractivity contribution is 6.31. The number of carbonyl (C=O) groups excluding carboxylic acids is 3. The number of nitrogens with zero attached hydrogens (tertiary/aromatic N) is 1. The highest BCUT2D eigenvalue weighted by Crippen LogP contribution is 2.26. The van der Waals surface area contributed by atoms with Crippen molar-refractivity contribution in [1.82, 2.24) is 10.9 Å². The minimum absolute atomic E-state index is 0.0502. The van der Waals surface area contributed by atoms with Crippen molar-refractivity contribution in [3.63, 3.8) is 0 Å². The lowest BCUT2D eigenvalue weighted by atomic mass is 10.1. The minimum Gasteiger partial charge on any atom is -0.496 e. The monoisotopic (exact) mass is 421 g/mol. The second-order valence-corrected chi connectivity index (χ2v) is 7.04. The lowest BCUT2D eigenvalue weighted by Gasteiger charge is -2.17. The molecule has 0 radical (unpaired) electrons. The van der Waals surface area contributed by atoms with Crippen LogP contribution in [0.4, 0.5) is 5.69 Å². The van der Waals surface area contributed by atoms with Gasteiger partial charge in [0, 0.05) is 28.7 Å². The summed E-state index contributed by atoms with van der Waals surface area (Å²) in [7, 11) is 1.41. The number of benzene rings is 2. The molecule has 1 saturated heterocycles. The van der Waals surface area contributed by atoms with Crippen molar-refractivity contribution in [3.05, 3.63) is 58.1 Å². The second-order valence-electron chi connectivity index (χ2n) is 6.17. The largest absolute Gasteiger partial charge is 0.496 e. The number of hydrogen-bond acceptors (Lipinski definition) is 4. The molecular formula is C19H17Cl2N3O4. The van der Waals surface area contributed by atoms with Gasteiger partial charge in [-0.05, 0) is 42.5 Å². The maximum atomic E-state index is 12.4. The standard InChI is InChI=1S/C19H17Cl2N3O4/c1-28-16-9-13(21)4-7-15(16)19(27)23-22-18(26)11-8-17(25)24(10-11)14-5-2-12(20)3-6-14/h2-7,9,11H,8,10H2,1H3,(H,22,26)(H,23,27). The van der Waals surface area contributed by atoms with Gasteiger partial charge in [-0.2, -0.15) is 0 Å². The third-order valence-corrected chi connectivity index (χ3v) is 4.83. The molecule has 2 aromatic carbocycles. The van der Waals surface area contributed by atoms with Gasteiger partial charge in [-0.1, -0.05) is 23.2 Å². The van der Waals surface area contributed by atoms with Gasteiger partial charge in [0.2, 0.25) is 11.8 Å². The van der Waals surface area contributed by atoms with Crippen molar-refractivity contribution in [3.8, 4) is 5.75 Å². The first kappa shape index (κ1) is 20.0. The third kappa shape index (κ3) is 4.37. The molecular weight excluding hydrogens is 405 g/mol. The fourth-order valence-corrected chi connectivity index (χ4v) is 3.18. The molecule has 0 aromatic heterocycles. The van der Waals surface area contributed by atoms with E-state index in [1.54, 1.807) is 30.3 Å². The molecule has 1 unspecified atom stereocenters. The lowest BCUT2D eigenvalue weighted by Crippen LogP contribution is -2.45. The Morgan fingerprint density at radius 1 is 1.07 bits per heavy atom.